The minimum absolute atomic E-state index is 0.183. The fourth-order valence-corrected chi connectivity index (χ4v) is 5.64. The average molecular weight is 292 g/mol. The molecule has 4 atom stereocenters. The van der Waals surface area contributed by atoms with E-state index in [0.717, 1.165) is 13.0 Å². The van der Waals surface area contributed by atoms with Gasteiger partial charge in [0.05, 0.1) is 17.7 Å². The molecule has 0 saturated carbocycles. The van der Waals surface area contributed by atoms with Crippen molar-refractivity contribution in [2.75, 3.05) is 13.1 Å². The maximum Gasteiger partial charge on any atom is 0.135 e. The minimum atomic E-state index is 0.183. The molecule has 1 spiro atoms. The second-order valence-electron chi connectivity index (χ2n) is 7.35. The third kappa shape index (κ3) is 1.13. The van der Waals surface area contributed by atoms with E-state index in [0.29, 0.717) is 12.1 Å². The molecular weight excluding hydrogens is 272 g/mol. The highest BCUT2D eigenvalue weighted by Gasteiger charge is 2.59. The summed E-state index contributed by atoms with van der Waals surface area (Å²) in [6, 6.07) is 9.41. The van der Waals surface area contributed by atoms with Crippen molar-refractivity contribution >= 4 is 10.9 Å². The number of rotatable bonds is 0. The molecule has 112 valence electrons. The molecule has 2 aromatic rings. The highest BCUT2D eigenvalue weighted by atomic mass is 16.5. The van der Waals surface area contributed by atoms with Crippen LogP contribution < -0.4 is 0 Å². The second kappa shape index (κ2) is 3.66. The zero-order valence-corrected chi connectivity index (χ0v) is 12.8. The van der Waals surface area contributed by atoms with E-state index >= 15 is 0 Å². The predicted molar refractivity (Wildman–Crippen MR) is 85.7 cm³/mol. The van der Waals surface area contributed by atoms with Crippen LogP contribution in [0, 0.1) is 5.41 Å². The zero-order chi connectivity index (χ0) is 14.5. The number of nitrogens with zero attached hydrogens (tertiary/aromatic N) is 2. The molecular formula is C19H20N2O. The van der Waals surface area contributed by atoms with Gasteiger partial charge in [0.2, 0.25) is 0 Å². The van der Waals surface area contributed by atoms with Crippen LogP contribution in [0.5, 0.6) is 0 Å². The molecule has 3 nitrogen and oxygen atoms in total. The van der Waals surface area contributed by atoms with Crippen molar-refractivity contribution in [1.82, 2.24) is 9.47 Å². The van der Waals surface area contributed by atoms with E-state index in [-0.39, 0.29) is 11.6 Å². The largest absolute Gasteiger partial charge is 0.354 e. The first-order valence-corrected chi connectivity index (χ1v) is 8.48. The summed E-state index contributed by atoms with van der Waals surface area (Å²) in [4.78, 5) is 2.68. The van der Waals surface area contributed by atoms with Crippen LogP contribution in [-0.4, -0.2) is 28.7 Å². The van der Waals surface area contributed by atoms with Crippen LogP contribution in [-0.2, 0) is 11.2 Å². The number of fused-ring (bicyclic) bond motifs is 5. The van der Waals surface area contributed by atoms with Gasteiger partial charge in [0.25, 0.3) is 0 Å². The third-order valence-electron chi connectivity index (χ3n) is 6.54. The maximum atomic E-state index is 6.45. The number of benzene rings is 1. The van der Waals surface area contributed by atoms with Crippen molar-refractivity contribution in [3.05, 3.63) is 47.7 Å². The third-order valence-corrected chi connectivity index (χ3v) is 6.54. The predicted octanol–water partition coefficient (Wildman–Crippen LogP) is 3.42. The fourth-order valence-electron chi connectivity index (χ4n) is 5.64. The Labute approximate surface area is 130 Å². The Kier molecular flexibility index (Phi) is 1.98. The Balaban J connectivity index is 1.77. The van der Waals surface area contributed by atoms with Crippen molar-refractivity contribution in [3.63, 3.8) is 0 Å². The quantitative estimate of drug-likeness (QED) is 0.692. The van der Waals surface area contributed by atoms with Gasteiger partial charge in [-0.15, -0.1) is 0 Å². The normalized spacial score (nSPS) is 38.5. The van der Waals surface area contributed by atoms with Crippen LogP contribution in [0.3, 0.4) is 0 Å². The summed E-state index contributed by atoms with van der Waals surface area (Å²) < 4.78 is 8.98. The van der Waals surface area contributed by atoms with E-state index in [1.165, 1.54) is 23.9 Å². The van der Waals surface area contributed by atoms with Crippen LogP contribution in [0.25, 0.3) is 10.9 Å². The van der Waals surface area contributed by atoms with Crippen molar-refractivity contribution in [1.29, 1.82) is 0 Å². The maximum absolute atomic E-state index is 6.45. The zero-order valence-electron chi connectivity index (χ0n) is 12.8. The van der Waals surface area contributed by atoms with Crippen molar-refractivity contribution in [2.45, 2.75) is 38.1 Å². The molecule has 22 heavy (non-hydrogen) atoms. The van der Waals surface area contributed by atoms with Crippen molar-refractivity contribution in [3.8, 4) is 0 Å². The molecule has 3 heteroatoms. The van der Waals surface area contributed by atoms with E-state index in [9.17, 15) is 0 Å². The molecule has 0 radical (unpaired) electrons. The summed E-state index contributed by atoms with van der Waals surface area (Å²) in [5, 5.41) is 1.45. The molecule has 0 aliphatic carbocycles. The monoisotopic (exact) mass is 292 g/mol. The topological polar surface area (TPSA) is 17.4 Å². The first-order valence-electron chi connectivity index (χ1n) is 8.48. The van der Waals surface area contributed by atoms with Crippen molar-refractivity contribution in [2.24, 2.45) is 5.41 Å². The van der Waals surface area contributed by atoms with Crippen LogP contribution in [0.4, 0.5) is 0 Å². The molecule has 1 saturated heterocycles. The number of para-hydroxylation sites is 1. The summed E-state index contributed by atoms with van der Waals surface area (Å²) in [6.45, 7) is 4.54. The van der Waals surface area contributed by atoms with Gasteiger partial charge in [-0.05, 0) is 25.0 Å². The van der Waals surface area contributed by atoms with Gasteiger partial charge in [-0.2, -0.15) is 0 Å². The molecule has 0 unspecified atom stereocenters. The SMILES string of the molecule is C[C@H]1O[C@H]2C[C@@]13C=CCN1CCc4c(n2c2ccccc42)[C@@H]13. The van der Waals surface area contributed by atoms with Crippen LogP contribution in [0.1, 0.15) is 36.9 Å². The minimum Gasteiger partial charge on any atom is -0.354 e. The van der Waals surface area contributed by atoms with E-state index in [1.54, 1.807) is 11.3 Å². The first kappa shape index (κ1) is 11.9. The highest BCUT2D eigenvalue weighted by Crippen LogP contribution is 2.62. The molecule has 0 N–H and O–H groups in total. The lowest BCUT2D eigenvalue weighted by molar-refractivity contribution is -0.00134. The van der Waals surface area contributed by atoms with Crippen LogP contribution >= 0.6 is 0 Å². The molecule has 2 bridgehead atoms. The van der Waals surface area contributed by atoms with Gasteiger partial charge in [0.1, 0.15) is 6.23 Å². The molecule has 1 aromatic heterocycles. The van der Waals surface area contributed by atoms with Crippen LogP contribution in [0.2, 0.25) is 0 Å². The molecule has 1 aromatic carbocycles. The Hall–Kier alpha value is -1.58. The van der Waals surface area contributed by atoms with Gasteiger partial charge in [0.15, 0.2) is 0 Å². The second-order valence-corrected chi connectivity index (χ2v) is 7.35. The average Bonchev–Trinajstić information content (AvgIpc) is 3.01. The molecule has 1 fully saturated rings. The van der Waals surface area contributed by atoms with E-state index in [4.69, 9.17) is 4.74 Å². The molecule has 4 aliphatic rings. The standard InChI is InChI=1S/C19H20N2O/c1-12-19-8-4-9-20-10-7-14-13-5-2-3-6-15(13)21(16(11-19)22-12)17(14)18(19)20/h2-6,8,12,16,18H,7,9-11H2,1H3/t12-,16+,18-,19+/m1/s1. The Morgan fingerprint density at radius 3 is 3.14 bits per heavy atom. The highest BCUT2D eigenvalue weighted by molar-refractivity contribution is 5.86. The summed E-state index contributed by atoms with van der Waals surface area (Å²) >= 11 is 0. The van der Waals surface area contributed by atoms with E-state index in [1.807, 2.05) is 0 Å². The molecule has 6 rings (SSSR count). The number of aromatic nitrogens is 1. The lowest BCUT2D eigenvalue weighted by Crippen LogP contribution is -2.51. The summed E-state index contributed by atoms with van der Waals surface area (Å²) in [6.07, 6.45) is 7.66. The lowest BCUT2D eigenvalue weighted by Gasteiger charge is -2.50. The van der Waals surface area contributed by atoms with Gasteiger partial charge in [0, 0.05) is 36.0 Å². The van der Waals surface area contributed by atoms with E-state index in [2.05, 4.69) is 52.8 Å². The van der Waals surface area contributed by atoms with Gasteiger partial charge < -0.3 is 9.30 Å². The fraction of sp³-hybridized carbons (Fsp3) is 0.474. The van der Waals surface area contributed by atoms with Crippen LogP contribution in [0.15, 0.2) is 36.4 Å². The summed E-state index contributed by atoms with van der Waals surface area (Å²) in [5.41, 5.74) is 4.69. The number of hydrogen-bond donors (Lipinski definition) is 0. The van der Waals surface area contributed by atoms with Gasteiger partial charge >= 0.3 is 0 Å². The van der Waals surface area contributed by atoms with Crippen molar-refractivity contribution < 1.29 is 4.74 Å². The Morgan fingerprint density at radius 1 is 1.27 bits per heavy atom. The smallest absolute Gasteiger partial charge is 0.135 e. The van der Waals surface area contributed by atoms with Gasteiger partial charge in [-0.25, -0.2) is 0 Å². The summed E-state index contributed by atoms with van der Waals surface area (Å²) in [7, 11) is 0. The van der Waals surface area contributed by atoms with Gasteiger partial charge in [-0.1, -0.05) is 30.4 Å². The first-order chi connectivity index (χ1) is 10.8. The number of ether oxygens (including phenoxy) is 1. The van der Waals surface area contributed by atoms with E-state index < -0.39 is 0 Å². The molecule has 4 aliphatic heterocycles. The Morgan fingerprint density at radius 2 is 2.18 bits per heavy atom. The van der Waals surface area contributed by atoms with Gasteiger partial charge in [-0.3, -0.25) is 4.90 Å². The Bertz CT molecular complexity index is 835. The summed E-state index contributed by atoms with van der Waals surface area (Å²) in [5.74, 6) is 0. The number of hydrogen-bond acceptors (Lipinski definition) is 2. The lowest BCUT2D eigenvalue weighted by atomic mass is 9.67. The molecule has 0 amide bonds. The molecule has 5 heterocycles.